The molecule has 0 unspecified atom stereocenters. The van der Waals surface area contributed by atoms with Crippen molar-refractivity contribution in [2.24, 2.45) is 0 Å². The number of carbonyl (C=O) groups is 1. The normalized spacial score (nSPS) is 14.6. The Bertz CT molecular complexity index is 1350. The van der Waals surface area contributed by atoms with E-state index >= 15 is 0 Å². The highest BCUT2D eigenvalue weighted by Gasteiger charge is 2.20. The zero-order chi connectivity index (χ0) is 24.5. The third kappa shape index (κ3) is 4.66. The standard InChI is InChI=1S/C29H33N5O/c1-20(2)32-15-17-33(18-16-32)27-11-9-25(19-21(27)3)31-26-10-12-28(34-14-13-30-29(26)34)24-7-5-23(6-8-24)22(4)35/h5-14,19-20,31H,15-18H2,1-4H3. The average molecular weight is 468 g/mol. The molecule has 0 spiro atoms. The second-order valence-corrected chi connectivity index (χ2v) is 9.63. The first-order chi connectivity index (χ1) is 16.9. The Morgan fingerprint density at radius 3 is 2.37 bits per heavy atom. The Morgan fingerprint density at radius 1 is 0.971 bits per heavy atom. The maximum absolute atomic E-state index is 11.6. The number of benzene rings is 2. The number of anilines is 3. The van der Waals surface area contributed by atoms with Gasteiger partial charge in [-0.05, 0) is 69.2 Å². The summed E-state index contributed by atoms with van der Waals surface area (Å²) in [5.74, 6) is 0.0722. The van der Waals surface area contributed by atoms with Crippen molar-refractivity contribution in [3.8, 4) is 11.3 Å². The molecule has 4 aromatic rings. The number of aryl methyl sites for hydroxylation is 1. The van der Waals surface area contributed by atoms with Gasteiger partial charge < -0.3 is 10.2 Å². The molecular formula is C29H33N5O. The second-order valence-electron chi connectivity index (χ2n) is 9.63. The number of rotatable bonds is 6. The summed E-state index contributed by atoms with van der Waals surface area (Å²) in [6.45, 7) is 12.7. The van der Waals surface area contributed by atoms with Crippen LogP contribution in [-0.2, 0) is 0 Å². The fourth-order valence-electron chi connectivity index (χ4n) is 4.95. The summed E-state index contributed by atoms with van der Waals surface area (Å²) in [5.41, 5.74) is 8.25. The highest BCUT2D eigenvalue weighted by atomic mass is 16.1. The molecule has 1 fully saturated rings. The molecule has 5 rings (SSSR count). The van der Waals surface area contributed by atoms with Crippen molar-refractivity contribution in [2.75, 3.05) is 36.4 Å². The fraction of sp³-hybridized carbons (Fsp3) is 0.310. The molecule has 2 aromatic carbocycles. The van der Waals surface area contributed by atoms with E-state index in [-0.39, 0.29) is 5.78 Å². The van der Waals surface area contributed by atoms with Crippen molar-refractivity contribution < 1.29 is 4.79 Å². The molecule has 0 radical (unpaired) electrons. The quantitative estimate of drug-likeness (QED) is 0.364. The molecule has 1 aliphatic rings. The Balaban J connectivity index is 1.37. The van der Waals surface area contributed by atoms with E-state index in [9.17, 15) is 4.79 Å². The molecule has 0 amide bonds. The number of carbonyl (C=O) groups excluding carboxylic acids is 1. The monoisotopic (exact) mass is 467 g/mol. The van der Waals surface area contributed by atoms with Crippen LogP contribution < -0.4 is 10.2 Å². The van der Waals surface area contributed by atoms with Crippen LogP contribution in [0.2, 0.25) is 0 Å². The average Bonchev–Trinajstić information content (AvgIpc) is 3.35. The van der Waals surface area contributed by atoms with E-state index in [4.69, 9.17) is 0 Å². The number of nitrogens with zero attached hydrogens (tertiary/aromatic N) is 4. The maximum Gasteiger partial charge on any atom is 0.161 e. The van der Waals surface area contributed by atoms with Gasteiger partial charge in [-0.3, -0.25) is 14.1 Å². The molecule has 0 aliphatic carbocycles. The molecular weight excluding hydrogens is 434 g/mol. The summed E-state index contributed by atoms with van der Waals surface area (Å²) in [5, 5.41) is 3.57. The predicted molar refractivity (Wildman–Crippen MR) is 144 cm³/mol. The molecule has 1 saturated heterocycles. The van der Waals surface area contributed by atoms with Gasteiger partial charge in [-0.25, -0.2) is 4.98 Å². The summed E-state index contributed by atoms with van der Waals surface area (Å²) < 4.78 is 2.08. The molecule has 3 heterocycles. The first-order valence-corrected chi connectivity index (χ1v) is 12.3. The van der Waals surface area contributed by atoms with Crippen LogP contribution in [0.5, 0.6) is 0 Å². The van der Waals surface area contributed by atoms with E-state index < -0.39 is 0 Å². The van der Waals surface area contributed by atoms with E-state index in [1.165, 1.54) is 11.3 Å². The van der Waals surface area contributed by atoms with Crippen molar-refractivity contribution in [1.29, 1.82) is 0 Å². The second kappa shape index (κ2) is 9.55. The summed E-state index contributed by atoms with van der Waals surface area (Å²) in [7, 11) is 0. The van der Waals surface area contributed by atoms with Crippen molar-refractivity contribution in [3.63, 3.8) is 0 Å². The van der Waals surface area contributed by atoms with Crippen molar-refractivity contribution >= 4 is 28.5 Å². The van der Waals surface area contributed by atoms with E-state index in [0.717, 1.165) is 60.0 Å². The lowest BCUT2D eigenvalue weighted by Crippen LogP contribution is -2.49. The van der Waals surface area contributed by atoms with Gasteiger partial charge in [-0.1, -0.05) is 24.3 Å². The molecule has 0 atom stereocenters. The Morgan fingerprint density at radius 2 is 1.71 bits per heavy atom. The number of Topliss-reactive ketones (excluding diaryl/α,β-unsaturated/α-hetero) is 1. The molecule has 0 bridgehead atoms. The van der Waals surface area contributed by atoms with Crippen LogP contribution in [0.4, 0.5) is 17.1 Å². The minimum Gasteiger partial charge on any atom is -0.369 e. The highest BCUT2D eigenvalue weighted by molar-refractivity contribution is 5.94. The summed E-state index contributed by atoms with van der Waals surface area (Å²) in [6, 6.07) is 19.1. The van der Waals surface area contributed by atoms with Gasteiger partial charge in [0.15, 0.2) is 11.4 Å². The Labute approximate surface area is 207 Å². The van der Waals surface area contributed by atoms with Gasteiger partial charge in [0.05, 0.1) is 11.4 Å². The van der Waals surface area contributed by atoms with E-state index in [1.807, 2.05) is 36.7 Å². The van der Waals surface area contributed by atoms with Crippen molar-refractivity contribution in [2.45, 2.75) is 33.7 Å². The van der Waals surface area contributed by atoms with Gasteiger partial charge >= 0.3 is 0 Å². The number of hydrogen-bond acceptors (Lipinski definition) is 5. The maximum atomic E-state index is 11.6. The van der Waals surface area contributed by atoms with Crippen LogP contribution in [0.3, 0.4) is 0 Å². The molecule has 35 heavy (non-hydrogen) atoms. The number of piperazine rings is 1. The molecule has 180 valence electrons. The summed E-state index contributed by atoms with van der Waals surface area (Å²) in [4.78, 5) is 21.3. The minimum atomic E-state index is 0.0722. The molecule has 1 aliphatic heterocycles. The smallest absolute Gasteiger partial charge is 0.161 e. The fourth-order valence-corrected chi connectivity index (χ4v) is 4.95. The zero-order valence-electron chi connectivity index (χ0n) is 21.0. The van der Waals surface area contributed by atoms with Crippen LogP contribution >= 0.6 is 0 Å². The summed E-state index contributed by atoms with van der Waals surface area (Å²) in [6.07, 6.45) is 3.79. The zero-order valence-corrected chi connectivity index (χ0v) is 21.0. The third-order valence-corrected chi connectivity index (χ3v) is 7.00. The number of aromatic nitrogens is 2. The number of ketones is 1. The van der Waals surface area contributed by atoms with Gasteiger partial charge in [0.2, 0.25) is 0 Å². The molecule has 1 N–H and O–H groups in total. The number of pyridine rings is 1. The number of hydrogen-bond donors (Lipinski definition) is 1. The lowest BCUT2D eigenvalue weighted by molar-refractivity contribution is 0.101. The number of nitrogens with one attached hydrogen (secondary N) is 1. The van der Waals surface area contributed by atoms with Crippen LogP contribution in [-0.4, -0.2) is 52.3 Å². The largest absolute Gasteiger partial charge is 0.369 e. The first kappa shape index (κ1) is 23.1. The molecule has 0 saturated carbocycles. The highest BCUT2D eigenvalue weighted by Crippen LogP contribution is 2.30. The van der Waals surface area contributed by atoms with Crippen LogP contribution in [0, 0.1) is 6.92 Å². The van der Waals surface area contributed by atoms with E-state index in [1.54, 1.807) is 6.92 Å². The summed E-state index contributed by atoms with van der Waals surface area (Å²) >= 11 is 0. The van der Waals surface area contributed by atoms with Gasteiger partial charge in [0.1, 0.15) is 0 Å². The number of imidazole rings is 1. The van der Waals surface area contributed by atoms with Gasteiger partial charge in [-0.15, -0.1) is 0 Å². The third-order valence-electron chi connectivity index (χ3n) is 7.00. The topological polar surface area (TPSA) is 52.9 Å². The predicted octanol–water partition coefficient (Wildman–Crippen LogP) is 5.79. The van der Waals surface area contributed by atoms with Crippen molar-refractivity contribution in [3.05, 3.63) is 78.1 Å². The van der Waals surface area contributed by atoms with Crippen LogP contribution in [0.1, 0.15) is 36.7 Å². The molecule has 2 aromatic heterocycles. The van der Waals surface area contributed by atoms with Gasteiger partial charge in [0.25, 0.3) is 0 Å². The van der Waals surface area contributed by atoms with Gasteiger partial charge in [-0.2, -0.15) is 0 Å². The van der Waals surface area contributed by atoms with E-state index in [0.29, 0.717) is 6.04 Å². The lowest BCUT2D eigenvalue weighted by atomic mass is 10.1. The number of fused-ring (bicyclic) bond motifs is 1. The SMILES string of the molecule is CC(=O)c1ccc(-c2ccc(Nc3ccc(N4CCN(C(C)C)CC4)c(C)c3)c3nccn23)cc1. The molecule has 6 heteroatoms. The lowest BCUT2D eigenvalue weighted by Gasteiger charge is -2.38. The van der Waals surface area contributed by atoms with Gasteiger partial charge in [0, 0.05) is 61.6 Å². The van der Waals surface area contributed by atoms with E-state index in [2.05, 4.69) is 75.6 Å². The Hall–Kier alpha value is -3.64. The first-order valence-electron chi connectivity index (χ1n) is 12.3. The molecule has 6 nitrogen and oxygen atoms in total. The minimum absolute atomic E-state index is 0.0722. The van der Waals surface area contributed by atoms with Crippen LogP contribution in [0.15, 0.2) is 67.0 Å². The Kier molecular flexibility index (Phi) is 6.31. The van der Waals surface area contributed by atoms with Crippen LogP contribution in [0.25, 0.3) is 16.9 Å². The van der Waals surface area contributed by atoms with Crippen molar-refractivity contribution in [1.82, 2.24) is 14.3 Å².